The zero-order valence-electron chi connectivity index (χ0n) is 11.4. The number of pyridine rings is 1. The molecule has 0 unspecified atom stereocenters. The largest absolute Gasteiger partial charge is 0.348 e. The lowest BCUT2D eigenvalue weighted by atomic mass is 10.3. The Hall–Kier alpha value is -2.50. The Kier molecular flexibility index (Phi) is 3.06. The standard InChI is InChI=1S/C14H15N5O/c1-9(2)17-14(20)12-7-10-8-16-13(19(10)18-12)11-5-3-4-6-15-11/h3-7,9H,8H2,1-2H3,(H,17,20). The van der Waals surface area contributed by atoms with Crippen LogP contribution in [0.1, 0.15) is 35.7 Å². The fraction of sp³-hybridized carbons (Fsp3) is 0.286. The van der Waals surface area contributed by atoms with E-state index >= 15 is 0 Å². The summed E-state index contributed by atoms with van der Waals surface area (Å²) in [6.07, 6.45) is 1.71. The van der Waals surface area contributed by atoms with Gasteiger partial charge in [-0.15, -0.1) is 0 Å². The molecule has 2 aromatic heterocycles. The Bertz CT molecular complexity index is 672. The van der Waals surface area contributed by atoms with Crippen LogP contribution in [0.15, 0.2) is 35.5 Å². The summed E-state index contributed by atoms with van der Waals surface area (Å²) < 4.78 is 1.69. The molecule has 0 atom stereocenters. The zero-order valence-corrected chi connectivity index (χ0v) is 11.4. The van der Waals surface area contributed by atoms with Gasteiger partial charge >= 0.3 is 0 Å². The van der Waals surface area contributed by atoms with Crippen LogP contribution in [0.4, 0.5) is 0 Å². The molecule has 3 rings (SSSR count). The number of carbonyl (C=O) groups excluding carboxylic acids is 1. The lowest BCUT2D eigenvalue weighted by molar-refractivity contribution is 0.0937. The topological polar surface area (TPSA) is 72.2 Å². The number of carbonyl (C=O) groups is 1. The number of rotatable bonds is 3. The van der Waals surface area contributed by atoms with Gasteiger partial charge in [0.15, 0.2) is 11.5 Å². The summed E-state index contributed by atoms with van der Waals surface area (Å²) >= 11 is 0. The summed E-state index contributed by atoms with van der Waals surface area (Å²) in [6.45, 7) is 4.36. The van der Waals surface area contributed by atoms with Gasteiger partial charge in [0.25, 0.3) is 5.91 Å². The first kappa shape index (κ1) is 12.5. The highest BCUT2D eigenvalue weighted by Crippen LogP contribution is 2.16. The molecule has 0 aliphatic carbocycles. The van der Waals surface area contributed by atoms with Crippen molar-refractivity contribution >= 4 is 11.7 Å². The molecule has 20 heavy (non-hydrogen) atoms. The fourth-order valence-corrected chi connectivity index (χ4v) is 2.07. The van der Waals surface area contributed by atoms with Gasteiger partial charge in [0.2, 0.25) is 0 Å². The molecule has 1 N–H and O–H groups in total. The summed E-state index contributed by atoms with van der Waals surface area (Å²) in [4.78, 5) is 20.6. The van der Waals surface area contributed by atoms with Crippen molar-refractivity contribution in [2.75, 3.05) is 0 Å². The van der Waals surface area contributed by atoms with Crippen molar-refractivity contribution in [3.63, 3.8) is 0 Å². The molecular formula is C14H15N5O. The van der Waals surface area contributed by atoms with Crippen LogP contribution in [0.5, 0.6) is 0 Å². The summed E-state index contributed by atoms with van der Waals surface area (Å²) in [5, 5.41) is 7.17. The van der Waals surface area contributed by atoms with Gasteiger partial charge in [-0.05, 0) is 32.0 Å². The van der Waals surface area contributed by atoms with Gasteiger partial charge in [0, 0.05) is 12.2 Å². The first-order chi connectivity index (χ1) is 9.65. The van der Waals surface area contributed by atoms with Crippen LogP contribution in [0, 0.1) is 0 Å². The quantitative estimate of drug-likeness (QED) is 0.910. The van der Waals surface area contributed by atoms with Gasteiger partial charge in [0.05, 0.1) is 12.2 Å². The van der Waals surface area contributed by atoms with E-state index in [1.54, 1.807) is 16.9 Å². The third-order valence-electron chi connectivity index (χ3n) is 2.92. The average molecular weight is 269 g/mol. The van der Waals surface area contributed by atoms with Gasteiger partial charge in [-0.25, -0.2) is 4.68 Å². The maximum Gasteiger partial charge on any atom is 0.272 e. The molecule has 6 nitrogen and oxygen atoms in total. The van der Waals surface area contributed by atoms with Crippen molar-refractivity contribution in [1.82, 2.24) is 20.1 Å². The molecular weight excluding hydrogens is 254 g/mol. The Morgan fingerprint density at radius 1 is 1.40 bits per heavy atom. The van der Waals surface area contributed by atoms with Crippen LogP contribution >= 0.6 is 0 Å². The summed E-state index contributed by atoms with van der Waals surface area (Å²) in [6, 6.07) is 7.49. The minimum absolute atomic E-state index is 0.0861. The number of fused-ring (bicyclic) bond motifs is 1. The van der Waals surface area contributed by atoms with Gasteiger partial charge in [-0.2, -0.15) is 5.10 Å². The molecule has 1 amide bonds. The minimum Gasteiger partial charge on any atom is -0.348 e. The van der Waals surface area contributed by atoms with E-state index in [0.717, 1.165) is 11.4 Å². The summed E-state index contributed by atoms with van der Waals surface area (Å²) in [5.74, 6) is 0.520. The van der Waals surface area contributed by atoms with Crippen molar-refractivity contribution in [2.24, 2.45) is 4.99 Å². The predicted molar refractivity (Wildman–Crippen MR) is 74.7 cm³/mol. The monoisotopic (exact) mass is 269 g/mol. The molecule has 3 heterocycles. The molecule has 0 fully saturated rings. The van der Waals surface area contributed by atoms with Gasteiger partial charge < -0.3 is 5.32 Å². The third kappa shape index (κ3) is 2.20. The van der Waals surface area contributed by atoms with E-state index in [1.807, 2.05) is 32.0 Å². The Labute approximate surface area is 116 Å². The van der Waals surface area contributed by atoms with Crippen molar-refractivity contribution in [2.45, 2.75) is 26.4 Å². The predicted octanol–water partition coefficient (Wildman–Crippen LogP) is 1.22. The van der Waals surface area contributed by atoms with Crippen LogP contribution in [-0.4, -0.2) is 32.5 Å². The molecule has 1 aliphatic rings. The number of hydrogen-bond acceptors (Lipinski definition) is 4. The lowest BCUT2D eigenvalue weighted by Crippen LogP contribution is -2.30. The van der Waals surface area contributed by atoms with Gasteiger partial charge in [0.1, 0.15) is 5.69 Å². The van der Waals surface area contributed by atoms with Crippen LogP contribution in [0.2, 0.25) is 0 Å². The van der Waals surface area contributed by atoms with Crippen molar-refractivity contribution in [3.8, 4) is 0 Å². The fourth-order valence-electron chi connectivity index (χ4n) is 2.07. The van der Waals surface area contributed by atoms with E-state index in [9.17, 15) is 4.79 Å². The Morgan fingerprint density at radius 2 is 2.25 bits per heavy atom. The molecule has 0 bridgehead atoms. The molecule has 1 aliphatic heterocycles. The molecule has 6 heteroatoms. The third-order valence-corrected chi connectivity index (χ3v) is 2.92. The molecule has 2 aromatic rings. The second-order valence-electron chi connectivity index (χ2n) is 4.92. The van der Waals surface area contributed by atoms with Gasteiger partial charge in [-0.3, -0.25) is 14.8 Å². The summed E-state index contributed by atoms with van der Waals surface area (Å²) in [5.41, 5.74) is 2.07. The van der Waals surface area contributed by atoms with Crippen LogP contribution in [-0.2, 0) is 6.54 Å². The second-order valence-corrected chi connectivity index (χ2v) is 4.92. The normalized spacial score (nSPS) is 13.2. The molecule has 0 saturated carbocycles. The van der Waals surface area contributed by atoms with E-state index in [2.05, 4.69) is 20.4 Å². The minimum atomic E-state index is -0.165. The molecule has 0 saturated heterocycles. The average Bonchev–Trinajstić information content (AvgIpc) is 2.98. The highest BCUT2D eigenvalue weighted by atomic mass is 16.2. The number of aromatic nitrogens is 3. The van der Waals surface area contributed by atoms with Crippen molar-refractivity contribution in [3.05, 3.63) is 47.5 Å². The summed E-state index contributed by atoms with van der Waals surface area (Å²) in [7, 11) is 0. The molecule has 102 valence electrons. The highest BCUT2D eigenvalue weighted by Gasteiger charge is 2.23. The number of nitrogens with zero attached hydrogens (tertiary/aromatic N) is 4. The van der Waals surface area contributed by atoms with Crippen LogP contribution in [0.25, 0.3) is 0 Å². The first-order valence-electron chi connectivity index (χ1n) is 6.51. The Morgan fingerprint density at radius 3 is 2.95 bits per heavy atom. The van der Waals surface area contributed by atoms with E-state index in [0.29, 0.717) is 18.1 Å². The first-order valence-corrected chi connectivity index (χ1v) is 6.51. The van der Waals surface area contributed by atoms with Crippen LogP contribution < -0.4 is 5.32 Å². The maximum atomic E-state index is 12.0. The van der Waals surface area contributed by atoms with E-state index in [-0.39, 0.29) is 11.9 Å². The number of aliphatic imine (C=N–C) groups is 1. The SMILES string of the molecule is CC(C)NC(=O)c1cc2n(n1)C(c1ccccn1)=NC2. The highest BCUT2D eigenvalue weighted by molar-refractivity contribution is 6.01. The number of amides is 1. The molecule has 0 spiro atoms. The Balaban J connectivity index is 1.90. The second kappa shape index (κ2) is 4.88. The molecule has 0 radical (unpaired) electrons. The molecule has 0 aromatic carbocycles. The smallest absolute Gasteiger partial charge is 0.272 e. The van der Waals surface area contributed by atoms with E-state index < -0.39 is 0 Å². The van der Waals surface area contributed by atoms with Gasteiger partial charge in [-0.1, -0.05) is 6.07 Å². The van der Waals surface area contributed by atoms with E-state index in [4.69, 9.17) is 0 Å². The number of nitrogens with one attached hydrogen (secondary N) is 1. The zero-order chi connectivity index (χ0) is 14.1. The maximum absolute atomic E-state index is 12.0. The van der Waals surface area contributed by atoms with Crippen molar-refractivity contribution in [1.29, 1.82) is 0 Å². The lowest BCUT2D eigenvalue weighted by Gasteiger charge is -2.05. The number of hydrogen-bond donors (Lipinski definition) is 1. The van der Waals surface area contributed by atoms with E-state index in [1.165, 1.54) is 0 Å². The van der Waals surface area contributed by atoms with Crippen molar-refractivity contribution < 1.29 is 4.79 Å². The van der Waals surface area contributed by atoms with Crippen LogP contribution in [0.3, 0.4) is 0 Å².